The molecule has 5 nitrogen and oxygen atoms in total. The number of rotatable bonds is 7. The van der Waals surface area contributed by atoms with Crippen molar-refractivity contribution in [3.8, 4) is 17.2 Å². The number of benzene rings is 1. The molecule has 0 spiro atoms. The highest BCUT2D eigenvalue weighted by atomic mass is 16.5. The van der Waals surface area contributed by atoms with Crippen molar-refractivity contribution in [1.29, 1.82) is 0 Å². The number of nitrogens with zero attached hydrogens (tertiary/aromatic N) is 1. The molecule has 5 heteroatoms. The van der Waals surface area contributed by atoms with Crippen LogP contribution < -0.4 is 9.47 Å². The molecule has 2 rings (SSSR count). The van der Waals surface area contributed by atoms with Crippen molar-refractivity contribution >= 4 is 0 Å². The third-order valence-corrected chi connectivity index (χ3v) is 2.50. The minimum atomic E-state index is -0.633. The van der Waals surface area contributed by atoms with Gasteiger partial charge in [0.25, 0.3) is 0 Å². The first-order chi connectivity index (χ1) is 9.78. The van der Waals surface area contributed by atoms with E-state index in [4.69, 9.17) is 14.2 Å². The van der Waals surface area contributed by atoms with Gasteiger partial charge in [-0.05, 0) is 36.4 Å². The Hall–Kier alpha value is -2.11. The van der Waals surface area contributed by atoms with E-state index in [1.807, 2.05) is 12.1 Å². The van der Waals surface area contributed by atoms with Gasteiger partial charge in [0.15, 0.2) is 0 Å². The molecule has 0 saturated heterocycles. The van der Waals surface area contributed by atoms with Gasteiger partial charge in [0.2, 0.25) is 0 Å². The number of aliphatic hydroxyl groups excluding tert-OH is 1. The van der Waals surface area contributed by atoms with Crippen LogP contribution in [0.4, 0.5) is 0 Å². The molecule has 20 heavy (non-hydrogen) atoms. The predicted molar refractivity (Wildman–Crippen MR) is 74.1 cm³/mol. The van der Waals surface area contributed by atoms with Gasteiger partial charge in [-0.25, -0.2) is 0 Å². The van der Waals surface area contributed by atoms with E-state index in [1.54, 1.807) is 36.7 Å². The largest absolute Gasteiger partial charge is 0.491 e. The summed E-state index contributed by atoms with van der Waals surface area (Å²) >= 11 is 0. The highest BCUT2D eigenvalue weighted by molar-refractivity contribution is 5.34. The highest BCUT2D eigenvalue weighted by Crippen LogP contribution is 2.23. The van der Waals surface area contributed by atoms with Gasteiger partial charge in [-0.2, -0.15) is 0 Å². The van der Waals surface area contributed by atoms with Crippen LogP contribution in [-0.2, 0) is 4.74 Å². The van der Waals surface area contributed by atoms with E-state index >= 15 is 0 Å². The molecule has 1 aromatic carbocycles. The fraction of sp³-hybridized carbons (Fsp3) is 0.267. The topological polar surface area (TPSA) is 60.8 Å². The van der Waals surface area contributed by atoms with Crippen molar-refractivity contribution in [2.45, 2.75) is 6.10 Å². The number of aromatic nitrogens is 1. The molecular weight excluding hydrogens is 258 g/mol. The van der Waals surface area contributed by atoms with Crippen LogP contribution in [0.1, 0.15) is 0 Å². The van der Waals surface area contributed by atoms with Crippen molar-refractivity contribution in [1.82, 2.24) is 4.98 Å². The van der Waals surface area contributed by atoms with E-state index in [2.05, 4.69) is 4.98 Å². The molecule has 0 aliphatic heterocycles. The zero-order chi connectivity index (χ0) is 14.2. The maximum Gasteiger partial charge on any atom is 0.145 e. The Morgan fingerprint density at radius 1 is 1.05 bits per heavy atom. The van der Waals surface area contributed by atoms with Crippen molar-refractivity contribution in [2.75, 3.05) is 20.3 Å². The first kappa shape index (κ1) is 14.3. The third-order valence-electron chi connectivity index (χ3n) is 2.50. The minimum absolute atomic E-state index is 0.191. The molecule has 0 amide bonds. The monoisotopic (exact) mass is 275 g/mol. The second-order valence-electron chi connectivity index (χ2n) is 4.18. The van der Waals surface area contributed by atoms with Crippen LogP contribution >= 0.6 is 0 Å². The summed E-state index contributed by atoms with van der Waals surface area (Å²) < 4.78 is 15.9. The summed E-state index contributed by atoms with van der Waals surface area (Å²) in [5.74, 6) is 2.04. The number of methoxy groups -OCH3 is 1. The van der Waals surface area contributed by atoms with Crippen molar-refractivity contribution < 1.29 is 19.3 Å². The second-order valence-corrected chi connectivity index (χ2v) is 4.18. The molecule has 2 aromatic rings. The molecule has 1 aromatic heterocycles. The number of ether oxygens (including phenoxy) is 3. The maximum atomic E-state index is 9.48. The van der Waals surface area contributed by atoms with Crippen LogP contribution in [0.5, 0.6) is 17.2 Å². The number of hydrogen-bond donors (Lipinski definition) is 1. The molecule has 1 heterocycles. The molecule has 1 N–H and O–H groups in total. The van der Waals surface area contributed by atoms with Crippen molar-refractivity contribution in [3.05, 3.63) is 48.8 Å². The van der Waals surface area contributed by atoms with Crippen LogP contribution in [0.3, 0.4) is 0 Å². The molecular formula is C15H17NO4. The summed E-state index contributed by atoms with van der Waals surface area (Å²) in [6.07, 6.45) is 2.70. The third kappa shape index (κ3) is 4.53. The molecule has 1 atom stereocenters. The zero-order valence-corrected chi connectivity index (χ0v) is 11.2. The van der Waals surface area contributed by atoms with Gasteiger partial charge in [0.05, 0.1) is 12.8 Å². The van der Waals surface area contributed by atoms with Crippen molar-refractivity contribution in [3.63, 3.8) is 0 Å². The average molecular weight is 275 g/mol. The Labute approximate surface area is 117 Å². The van der Waals surface area contributed by atoms with Gasteiger partial charge in [-0.1, -0.05) is 0 Å². The van der Waals surface area contributed by atoms with E-state index < -0.39 is 6.10 Å². The summed E-state index contributed by atoms with van der Waals surface area (Å²) in [5.41, 5.74) is 0. The Morgan fingerprint density at radius 3 is 2.45 bits per heavy atom. The molecule has 0 saturated carbocycles. The van der Waals surface area contributed by atoms with E-state index in [-0.39, 0.29) is 13.2 Å². The van der Waals surface area contributed by atoms with Gasteiger partial charge < -0.3 is 19.3 Å². The second kappa shape index (κ2) is 7.47. The average Bonchev–Trinajstić information content (AvgIpc) is 2.48. The standard InChI is InChI=1S/C15H17NO4/c1-18-10-12(17)11-19-13-4-6-14(7-5-13)20-15-3-2-8-16-9-15/h2-9,12,17H,10-11H2,1H3/t12-/m1/s1. The van der Waals surface area contributed by atoms with Gasteiger partial charge in [-0.15, -0.1) is 0 Å². The fourth-order valence-corrected chi connectivity index (χ4v) is 1.58. The summed E-state index contributed by atoms with van der Waals surface area (Å²) in [7, 11) is 1.54. The molecule has 0 radical (unpaired) electrons. The molecule has 0 bridgehead atoms. The summed E-state index contributed by atoms with van der Waals surface area (Å²) in [5, 5.41) is 9.48. The molecule has 0 aliphatic rings. The van der Waals surface area contributed by atoms with Crippen LogP contribution in [0.15, 0.2) is 48.8 Å². The normalized spacial score (nSPS) is 11.9. The number of hydrogen-bond acceptors (Lipinski definition) is 5. The smallest absolute Gasteiger partial charge is 0.145 e. The maximum absolute atomic E-state index is 9.48. The Balaban J connectivity index is 1.87. The summed E-state index contributed by atoms with van der Waals surface area (Å²) in [6, 6.07) is 10.8. The van der Waals surface area contributed by atoms with E-state index in [1.165, 1.54) is 7.11 Å². The Morgan fingerprint density at radius 2 is 1.80 bits per heavy atom. The Bertz CT molecular complexity index is 501. The van der Waals surface area contributed by atoms with E-state index in [0.717, 1.165) is 0 Å². The fourth-order valence-electron chi connectivity index (χ4n) is 1.58. The molecule has 0 aliphatic carbocycles. The molecule has 0 unspecified atom stereocenters. The first-order valence-corrected chi connectivity index (χ1v) is 6.25. The van der Waals surface area contributed by atoms with Gasteiger partial charge in [-0.3, -0.25) is 4.98 Å². The summed E-state index contributed by atoms with van der Waals surface area (Å²) in [6.45, 7) is 0.443. The van der Waals surface area contributed by atoms with E-state index in [9.17, 15) is 5.11 Å². The van der Waals surface area contributed by atoms with Crippen LogP contribution in [0, 0.1) is 0 Å². The van der Waals surface area contributed by atoms with Crippen LogP contribution in [-0.4, -0.2) is 36.5 Å². The zero-order valence-electron chi connectivity index (χ0n) is 11.2. The lowest BCUT2D eigenvalue weighted by molar-refractivity contribution is 0.0325. The number of pyridine rings is 1. The van der Waals surface area contributed by atoms with Gasteiger partial charge >= 0.3 is 0 Å². The highest BCUT2D eigenvalue weighted by Gasteiger charge is 2.04. The van der Waals surface area contributed by atoms with Crippen molar-refractivity contribution in [2.24, 2.45) is 0 Å². The SMILES string of the molecule is COC[C@@H](O)COc1ccc(Oc2cccnc2)cc1. The summed E-state index contributed by atoms with van der Waals surface area (Å²) in [4.78, 5) is 3.98. The lowest BCUT2D eigenvalue weighted by Crippen LogP contribution is -2.22. The first-order valence-electron chi connectivity index (χ1n) is 6.25. The van der Waals surface area contributed by atoms with Gasteiger partial charge in [0.1, 0.15) is 30.0 Å². The minimum Gasteiger partial charge on any atom is -0.491 e. The lowest BCUT2D eigenvalue weighted by Gasteiger charge is -2.11. The quantitative estimate of drug-likeness (QED) is 0.840. The van der Waals surface area contributed by atoms with E-state index in [0.29, 0.717) is 17.2 Å². The predicted octanol–water partition coefficient (Wildman–Crippen LogP) is 2.26. The number of aliphatic hydroxyl groups is 1. The molecule has 106 valence electrons. The van der Waals surface area contributed by atoms with Crippen LogP contribution in [0.2, 0.25) is 0 Å². The van der Waals surface area contributed by atoms with Gasteiger partial charge in [0, 0.05) is 13.3 Å². The lowest BCUT2D eigenvalue weighted by atomic mass is 10.3. The molecule has 0 fully saturated rings. The van der Waals surface area contributed by atoms with Crippen LogP contribution in [0.25, 0.3) is 0 Å². The Kier molecular flexibility index (Phi) is 5.34.